The van der Waals surface area contributed by atoms with Crippen molar-refractivity contribution in [1.82, 2.24) is 20.0 Å². The lowest BCUT2D eigenvalue weighted by Crippen LogP contribution is -2.54. The van der Waals surface area contributed by atoms with E-state index < -0.39 is 0 Å². The molecule has 30 heavy (non-hydrogen) atoms. The van der Waals surface area contributed by atoms with Gasteiger partial charge in [0.25, 0.3) is 0 Å². The van der Waals surface area contributed by atoms with Gasteiger partial charge in [0, 0.05) is 57.3 Å². The van der Waals surface area contributed by atoms with Crippen LogP contribution in [0.3, 0.4) is 0 Å². The van der Waals surface area contributed by atoms with Gasteiger partial charge in [-0.2, -0.15) is 0 Å². The molecule has 2 saturated heterocycles. The van der Waals surface area contributed by atoms with E-state index in [0.29, 0.717) is 39.4 Å². The topological polar surface area (TPSA) is 73.6 Å². The lowest BCUT2D eigenvalue weighted by atomic mass is 10.1. The zero-order chi connectivity index (χ0) is 20.9. The molecule has 2 aliphatic rings. The Kier molecular flexibility index (Phi) is 6.54. The van der Waals surface area contributed by atoms with Crippen LogP contribution in [0.25, 0.3) is 11.0 Å². The number of hydrogen-bond donors (Lipinski definition) is 1. The number of ether oxygens (including phenoxy) is 1. The molecule has 1 N–H and O–H groups in total. The van der Waals surface area contributed by atoms with Crippen molar-refractivity contribution in [2.75, 3.05) is 66.1 Å². The standard InChI is InChI=1S/C22H31N5O3/c1-17-18-5-3-4-6-19(18)30-20(17)15-24-22(23-2)27-9-7-25(8-10-27)16-21(28)26-11-13-29-14-12-26/h3-6H,7-16H2,1-2H3,(H,23,24). The van der Waals surface area contributed by atoms with Gasteiger partial charge in [-0.05, 0) is 13.0 Å². The smallest absolute Gasteiger partial charge is 0.236 e. The van der Waals surface area contributed by atoms with Gasteiger partial charge in [0.2, 0.25) is 5.91 Å². The Balaban J connectivity index is 1.27. The maximum atomic E-state index is 12.5. The van der Waals surface area contributed by atoms with Crippen LogP contribution in [0.5, 0.6) is 0 Å². The number of benzene rings is 1. The van der Waals surface area contributed by atoms with Crippen molar-refractivity contribution in [3.8, 4) is 0 Å². The van der Waals surface area contributed by atoms with E-state index >= 15 is 0 Å². The van der Waals surface area contributed by atoms with Gasteiger partial charge in [0.1, 0.15) is 11.3 Å². The molecule has 0 atom stereocenters. The summed E-state index contributed by atoms with van der Waals surface area (Å²) in [5.74, 6) is 2.01. The molecule has 1 aromatic heterocycles. The normalized spacial score (nSPS) is 18.8. The summed E-state index contributed by atoms with van der Waals surface area (Å²) in [6, 6.07) is 8.11. The number of morpholine rings is 1. The quantitative estimate of drug-likeness (QED) is 0.602. The number of fused-ring (bicyclic) bond motifs is 1. The molecule has 8 heteroatoms. The Morgan fingerprint density at radius 2 is 1.80 bits per heavy atom. The molecule has 0 spiro atoms. The average molecular weight is 414 g/mol. The molecule has 162 valence electrons. The molecular weight excluding hydrogens is 382 g/mol. The number of hydrogen-bond acceptors (Lipinski definition) is 5. The summed E-state index contributed by atoms with van der Waals surface area (Å²) >= 11 is 0. The number of aryl methyl sites for hydroxylation is 1. The van der Waals surface area contributed by atoms with Crippen LogP contribution in [-0.2, 0) is 16.1 Å². The molecule has 0 saturated carbocycles. The molecular formula is C22H31N5O3. The summed E-state index contributed by atoms with van der Waals surface area (Å²) in [4.78, 5) is 23.3. The highest BCUT2D eigenvalue weighted by molar-refractivity contribution is 5.83. The lowest BCUT2D eigenvalue weighted by Gasteiger charge is -2.37. The van der Waals surface area contributed by atoms with Crippen molar-refractivity contribution >= 4 is 22.8 Å². The fourth-order valence-electron chi connectivity index (χ4n) is 4.11. The zero-order valence-corrected chi connectivity index (χ0v) is 17.9. The van der Waals surface area contributed by atoms with E-state index in [-0.39, 0.29) is 5.91 Å². The van der Waals surface area contributed by atoms with Crippen LogP contribution in [0.15, 0.2) is 33.7 Å². The summed E-state index contributed by atoms with van der Waals surface area (Å²) in [5.41, 5.74) is 2.08. The first-order chi connectivity index (χ1) is 14.7. The number of nitrogens with zero attached hydrogens (tertiary/aromatic N) is 4. The SMILES string of the molecule is CN=C(NCc1oc2ccccc2c1C)N1CCN(CC(=O)N2CCOCC2)CC1. The average Bonchev–Trinajstić information content (AvgIpc) is 3.11. The van der Waals surface area contributed by atoms with Crippen LogP contribution >= 0.6 is 0 Å². The van der Waals surface area contributed by atoms with Crippen LogP contribution in [0.1, 0.15) is 11.3 Å². The number of guanidine groups is 1. The van der Waals surface area contributed by atoms with Crippen LogP contribution in [0.4, 0.5) is 0 Å². The number of carbonyl (C=O) groups excluding carboxylic acids is 1. The largest absolute Gasteiger partial charge is 0.459 e. The highest BCUT2D eigenvalue weighted by Crippen LogP contribution is 2.24. The zero-order valence-electron chi connectivity index (χ0n) is 17.9. The van der Waals surface area contributed by atoms with Gasteiger partial charge in [-0.15, -0.1) is 0 Å². The van der Waals surface area contributed by atoms with Gasteiger partial charge in [-0.3, -0.25) is 14.7 Å². The fourth-order valence-corrected chi connectivity index (χ4v) is 4.11. The first-order valence-electron chi connectivity index (χ1n) is 10.7. The summed E-state index contributed by atoms with van der Waals surface area (Å²) in [7, 11) is 1.81. The Labute approximate surface area is 177 Å². The van der Waals surface area contributed by atoms with Gasteiger partial charge in [-0.1, -0.05) is 18.2 Å². The Hall–Kier alpha value is -2.58. The van der Waals surface area contributed by atoms with E-state index in [1.54, 1.807) is 0 Å². The number of aliphatic imine (C=N–C) groups is 1. The van der Waals surface area contributed by atoms with E-state index in [1.807, 2.05) is 30.1 Å². The first-order valence-corrected chi connectivity index (χ1v) is 10.7. The van der Waals surface area contributed by atoms with E-state index in [1.165, 1.54) is 5.56 Å². The second-order valence-electron chi connectivity index (χ2n) is 7.80. The van der Waals surface area contributed by atoms with Gasteiger partial charge in [-0.25, -0.2) is 0 Å². The number of para-hydroxylation sites is 1. The maximum absolute atomic E-state index is 12.5. The third kappa shape index (κ3) is 4.60. The minimum absolute atomic E-state index is 0.203. The summed E-state index contributed by atoms with van der Waals surface area (Å²) in [5, 5.41) is 4.59. The van der Waals surface area contributed by atoms with E-state index in [9.17, 15) is 4.79 Å². The first kappa shape index (κ1) is 20.7. The fraction of sp³-hybridized carbons (Fsp3) is 0.545. The van der Waals surface area contributed by atoms with Crippen molar-refractivity contribution in [3.05, 3.63) is 35.6 Å². The van der Waals surface area contributed by atoms with Crippen molar-refractivity contribution in [3.63, 3.8) is 0 Å². The minimum Gasteiger partial charge on any atom is -0.459 e. The Morgan fingerprint density at radius 3 is 2.50 bits per heavy atom. The third-order valence-corrected chi connectivity index (χ3v) is 5.96. The molecule has 8 nitrogen and oxygen atoms in total. The second-order valence-corrected chi connectivity index (χ2v) is 7.80. The van der Waals surface area contributed by atoms with Gasteiger partial charge >= 0.3 is 0 Å². The maximum Gasteiger partial charge on any atom is 0.236 e. The monoisotopic (exact) mass is 413 g/mol. The van der Waals surface area contributed by atoms with Gasteiger partial charge < -0.3 is 24.3 Å². The number of amides is 1. The van der Waals surface area contributed by atoms with E-state index in [2.05, 4.69) is 33.1 Å². The molecule has 0 bridgehead atoms. The number of nitrogens with one attached hydrogen (secondary N) is 1. The van der Waals surface area contributed by atoms with Crippen molar-refractivity contribution in [2.45, 2.75) is 13.5 Å². The summed E-state index contributed by atoms with van der Waals surface area (Å²) in [6.45, 7) is 9.26. The second kappa shape index (κ2) is 9.49. The molecule has 0 aliphatic carbocycles. The minimum atomic E-state index is 0.203. The molecule has 0 unspecified atom stereocenters. The molecule has 2 aromatic rings. The lowest BCUT2D eigenvalue weighted by molar-refractivity contribution is -0.136. The molecule has 4 rings (SSSR count). The molecule has 2 aliphatic heterocycles. The van der Waals surface area contributed by atoms with E-state index in [0.717, 1.165) is 48.9 Å². The molecule has 0 radical (unpaired) electrons. The van der Waals surface area contributed by atoms with Crippen LogP contribution in [0, 0.1) is 6.92 Å². The molecule has 1 aromatic carbocycles. The third-order valence-electron chi connectivity index (χ3n) is 5.96. The van der Waals surface area contributed by atoms with Crippen molar-refractivity contribution in [2.24, 2.45) is 4.99 Å². The molecule has 3 heterocycles. The Bertz CT molecular complexity index is 895. The van der Waals surface area contributed by atoms with Crippen molar-refractivity contribution in [1.29, 1.82) is 0 Å². The van der Waals surface area contributed by atoms with Crippen LogP contribution in [-0.4, -0.2) is 92.6 Å². The predicted molar refractivity (Wildman–Crippen MR) is 117 cm³/mol. The predicted octanol–water partition coefficient (Wildman–Crippen LogP) is 1.29. The highest BCUT2D eigenvalue weighted by atomic mass is 16.5. The van der Waals surface area contributed by atoms with Crippen LogP contribution < -0.4 is 5.32 Å². The van der Waals surface area contributed by atoms with Gasteiger partial charge in [0.15, 0.2) is 5.96 Å². The van der Waals surface area contributed by atoms with Crippen LogP contribution in [0.2, 0.25) is 0 Å². The van der Waals surface area contributed by atoms with Gasteiger partial charge in [0.05, 0.1) is 26.3 Å². The number of carbonyl (C=O) groups is 1. The number of furan rings is 1. The van der Waals surface area contributed by atoms with E-state index in [4.69, 9.17) is 9.15 Å². The van der Waals surface area contributed by atoms with Crippen molar-refractivity contribution < 1.29 is 13.9 Å². The number of rotatable bonds is 4. The molecule has 2 fully saturated rings. The number of piperazine rings is 1. The summed E-state index contributed by atoms with van der Waals surface area (Å²) in [6.07, 6.45) is 0. The molecule has 1 amide bonds. The Morgan fingerprint density at radius 1 is 1.07 bits per heavy atom. The highest BCUT2D eigenvalue weighted by Gasteiger charge is 2.24. The summed E-state index contributed by atoms with van der Waals surface area (Å²) < 4.78 is 11.3.